The summed E-state index contributed by atoms with van der Waals surface area (Å²) in [5, 5.41) is 3.61. The maximum atomic E-state index is 5.31. The Balaban J connectivity index is 2.28. The van der Waals surface area contributed by atoms with Gasteiger partial charge in [0.25, 0.3) is 0 Å². The van der Waals surface area contributed by atoms with Crippen LogP contribution >= 0.6 is 0 Å². The summed E-state index contributed by atoms with van der Waals surface area (Å²) in [6, 6.07) is 0.748. The first kappa shape index (κ1) is 11.6. The number of terminal acetylenes is 1. The van der Waals surface area contributed by atoms with Crippen LogP contribution in [-0.2, 0) is 0 Å². The van der Waals surface area contributed by atoms with E-state index in [9.17, 15) is 0 Å². The van der Waals surface area contributed by atoms with E-state index in [2.05, 4.69) is 25.1 Å². The van der Waals surface area contributed by atoms with Crippen molar-refractivity contribution in [3.63, 3.8) is 0 Å². The fraction of sp³-hybridized carbons (Fsp3) is 0.846. The van der Waals surface area contributed by atoms with Crippen molar-refractivity contribution in [2.24, 2.45) is 5.41 Å². The van der Waals surface area contributed by atoms with Gasteiger partial charge in [0.2, 0.25) is 0 Å². The highest BCUT2D eigenvalue weighted by atomic mass is 14.9. The largest absolute Gasteiger partial charge is 0.314 e. The Morgan fingerprint density at radius 1 is 1.57 bits per heavy atom. The maximum Gasteiger partial charge on any atom is 0.00912 e. The molecule has 0 aliphatic heterocycles. The zero-order valence-corrected chi connectivity index (χ0v) is 9.60. The summed E-state index contributed by atoms with van der Waals surface area (Å²) in [6.45, 7) is 5.77. The van der Waals surface area contributed by atoms with Crippen molar-refractivity contribution >= 4 is 0 Å². The predicted octanol–water partition coefficient (Wildman–Crippen LogP) is 2.96. The van der Waals surface area contributed by atoms with Gasteiger partial charge in [-0.25, -0.2) is 0 Å². The molecule has 0 spiro atoms. The number of nitrogens with one attached hydrogen (secondary N) is 1. The molecule has 14 heavy (non-hydrogen) atoms. The van der Waals surface area contributed by atoms with Gasteiger partial charge in [0.15, 0.2) is 0 Å². The molecule has 1 saturated carbocycles. The second-order valence-electron chi connectivity index (χ2n) is 4.91. The second kappa shape index (κ2) is 5.41. The molecule has 1 heteroatoms. The van der Waals surface area contributed by atoms with Crippen LogP contribution < -0.4 is 5.32 Å². The third-order valence-corrected chi connectivity index (χ3v) is 3.39. The quantitative estimate of drug-likeness (QED) is 0.662. The van der Waals surface area contributed by atoms with Crippen molar-refractivity contribution < 1.29 is 0 Å². The molecular weight excluding hydrogens is 170 g/mol. The lowest BCUT2D eigenvalue weighted by Crippen LogP contribution is -2.28. The van der Waals surface area contributed by atoms with Crippen molar-refractivity contribution in [1.82, 2.24) is 5.32 Å². The maximum absolute atomic E-state index is 5.31. The zero-order chi connectivity index (χ0) is 10.4. The van der Waals surface area contributed by atoms with Crippen molar-refractivity contribution in [3.05, 3.63) is 0 Å². The molecule has 0 heterocycles. The first-order chi connectivity index (χ1) is 6.70. The van der Waals surface area contributed by atoms with Gasteiger partial charge in [-0.05, 0) is 44.1 Å². The molecule has 0 saturated heterocycles. The third-order valence-electron chi connectivity index (χ3n) is 3.39. The van der Waals surface area contributed by atoms with Gasteiger partial charge in [0.1, 0.15) is 0 Å². The van der Waals surface area contributed by atoms with Gasteiger partial charge in [-0.2, -0.15) is 0 Å². The average Bonchev–Trinajstić information content (AvgIpc) is 2.55. The van der Waals surface area contributed by atoms with Gasteiger partial charge < -0.3 is 5.32 Å². The Morgan fingerprint density at radius 2 is 2.36 bits per heavy atom. The minimum absolute atomic E-state index is 0.512. The van der Waals surface area contributed by atoms with Crippen LogP contribution in [0.3, 0.4) is 0 Å². The number of rotatable bonds is 5. The van der Waals surface area contributed by atoms with Gasteiger partial charge in [0.05, 0.1) is 0 Å². The van der Waals surface area contributed by atoms with Crippen LogP contribution in [0, 0.1) is 17.8 Å². The molecule has 1 N–H and O–H groups in total. The lowest BCUT2D eigenvalue weighted by atomic mass is 9.84. The van der Waals surface area contributed by atoms with Crippen LogP contribution in [0.15, 0.2) is 0 Å². The van der Waals surface area contributed by atoms with Crippen molar-refractivity contribution in [1.29, 1.82) is 0 Å². The summed E-state index contributed by atoms with van der Waals surface area (Å²) in [5.74, 6) is 2.76. The SMILES string of the molecule is C#CCCC1(C)CCC(NCCC)C1. The molecule has 0 amide bonds. The van der Waals surface area contributed by atoms with Gasteiger partial charge in [0, 0.05) is 12.5 Å². The van der Waals surface area contributed by atoms with Crippen LogP contribution in [0.4, 0.5) is 0 Å². The highest BCUT2D eigenvalue weighted by molar-refractivity contribution is 4.93. The van der Waals surface area contributed by atoms with Crippen molar-refractivity contribution in [2.75, 3.05) is 6.54 Å². The fourth-order valence-electron chi connectivity index (χ4n) is 2.45. The zero-order valence-electron chi connectivity index (χ0n) is 9.60. The molecule has 0 bridgehead atoms. The second-order valence-corrected chi connectivity index (χ2v) is 4.91. The molecule has 0 radical (unpaired) electrons. The Morgan fingerprint density at radius 3 is 3.00 bits per heavy atom. The van der Waals surface area contributed by atoms with E-state index in [1.54, 1.807) is 0 Å². The average molecular weight is 193 g/mol. The standard InChI is InChI=1S/C13H23N/c1-4-6-8-13(3)9-7-12(11-13)14-10-5-2/h1,12,14H,5-11H2,2-3H3. The Hall–Kier alpha value is -0.480. The van der Waals surface area contributed by atoms with Crippen molar-refractivity contribution in [2.45, 2.75) is 58.4 Å². The van der Waals surface area contributed by atoms with Crippen molar-refractivity contribution in [3.8, 4) is 12.3 Å². The predicted molar refractivity (Wildman–Crippen MR) is 62.1 cm³/mol. The topological polar surface area (TPSA) is 12.0 Å². The minimum Gasteiger partial charge on any atom is -0.314 e. The first-order valence-electron chi connectivity index (χ1n) is 5.87. The smallest absolute Gasteiger partial charge is 0.00912 e. The molecule has 1 rings (SSSR count). The van der Waals surface area contributed by atoms with Gasteiger partial charge in [-0.3, -0.25) is 0 Å². The van der Waals surface area contributed by atoms with Crippen LogP contribution in [0.2, 0.25) is 0 Å². The molecule has 0 aromatic heterocycles. The van der Waals surface area contributed by atoms with E-state index in [1.165, 1.54) is 32.1 Å². The third kappa shape index (κ3) is 3.35. The van der Waals surface area contributed by atoms with Crippen LogP contribution in [0.5, 0.6) is 0 Å². The summed E-state index contributed by atoms with van der Waals surface area (Å²) in [5.41, 5.74) is 0.512. The molecule has 1 aliphatic carbocycles. The number of hydrogen-bond donors (Lipinski definition) is 1. The van der Waals surface area contributed by atoms with Gasteiger partial charge in [-0.1, -0.05) is 13.8 Å². The van der Waals surface area contributed by atoms with E-state index >= 15 is 0 Å². The van der Waals surface area contributed by atoms with Crippen LogP contribution in [0.25, 0.3) is 0 Å². The molecule has 1 fully saturated rings. The Kier molecular flexibility index (Phi) is 4.48. The molecule has 0 aromatic carbocycles. The fourth-order valence-corrected chi connectivity index (χ4v) is 2.45. The lowest BCUT2D eigenvalue weighted by Gasteiger charge is -2.23. The molecule has 80 valence electrons. The summed E-state index contributed by atoms with van der Waals surface area (Å²) < 4.78 is 0. The van der Waals surface area contributed by atoms with Gasteiger partial charge in [-0.15, -0.1) is 12.3 Å². The van der Waals surface area contributed by atoms with E-state index in [1.807, 2.05) is 0 Å². The molecule has 2 unspecified atom stereocenters. The van der Waals surface area contributed by atoms with E-state index in [0.717, 1.165) is 19.0 Å². The van der Waals surface area contributed by atoms with E-state index in [-0.39, 0.29) is 0 Å². The highest BCUT2D eigenvalue weighted by Crippen LogP contribution is 2.41. The first-order valence-corrected chi connectivity index (χ1v) is 5.87. The lowest BCUT2D eigenvalue weighted by molar-refractivity contribution is 0.302. The van der Waals surface area contributed by atoms with E-state index in [4.69, 9.17) is 6.42 Å². The van der Waals surface area contributed by atoms with E-state index < -0.39 is 0 Å². The monoisotopic (exact) mass is 193 g/mol. The molecule has 1 aliphatic rings. The Labute approximate surface area is 88.7 Å². The summed E-state index contributed by atoms with van der Waals surface area (Å²) >= 11 is 0. The summed E-state index contributed by atoms with van der Waals surface area (Å²) in [4.78, 5) is 0. The van der Waals surface area contributed by atoms with Gasteiger partial charge >= 0.3 is 0 Å². The molecule has 0 aromatic rings. The highest BCUT2D eigenvalue weighted by Gasteiger charge is 2.33. The van der Waals surface area contributed by atoms with Crippen LogP contribution in [-0.4, -0.2) is 12.6 Å². The minimum atomic E-state index is 0.512. The van der Waals surface area contributed by atoms with Crippen LogP contribution in [0.1, 0.15) is 52.4 Å². The summed E-state index contributed by atoms with van der Waals surface area (Å²) in [6.07, 6.45) is 12.7. The van der Waals surface area contributed by atoms with E-state index in [0.29, 0.717) is 5.41 Å². The molecular formula is C13H23N. The molecule has 1 nitrogen and oxygen atoms in total. The normalized spacial score (nSPS) is 31.6. The molecule has 2 atom stereocenters. The Bertz CT molecular complexity index is 204. The number of hydrogen-bond acceptors (Lipinski definition) is 1. The summed E-state index contributed by atoms with van der Waals surface area (Å²) in [7, 11) is 0.